The first-order valence-electron chi connectivity index (χ1n) is 18.5. The van der Waals surface area contributed by atoms with Crippen LogP contribution in [0.4, 0.5) is 5.69 Å². The molecule has 4 aromatic heterocycles. The highest BCUT2D eigenvalue weighted by molar-refractivity contribution is 6.29. The molecule has 0 aliphatic rings. The number of para-hydroxylation sites is 3. The van der Waals surface area contributed by atoms with Crippen molar-refractivity contribution < 1.29 is 4.42 Å². The molecule has 0 N–H and O–H groups in total. The number of hydrogen-bond acceptors (Lipinski definition) is 2. The summed E-state index contributed by atoms with van der Waals surface area (Å²) >= 11 is 0. The van der Waals surface area contributed by atoms with Crippen molar-refractivity contribution in [2.75, 3.05) is 0 Å². The molecule has 8 aromatic carbocycles. The lowest BCUT2D eigenvalue weighted by Crippen LogP contribution is -1.95. The van der Waals surface area contributed by atoms with Crippen LogP contribution < -0.4 is 0 Å². The fraction of sp³-hybridized carbons (Fsp3) is 0. The Balaban J connectivity index is 1.11. The first-order chi connectivity index (χ1) is 27.7. The third-order valence-electron chi connectivity index (χ3n) is 11.4. The second kappa shape index (κ2) is 11.2. The van der Waals surface area contributed by atoms with Gasteiger partial charge in [-0.3, -0.25) is 0 Å². The summed E-state index contributed by atoms with van der Waals surface area (Å²) in [5, 5.41) is 18.5. The van der Waals surface area contributed by atoms with Gasteiger partial charge >= 0.3 is 0 Å². The van der Waals surface area contributed by atoms with Gasteiger partial charge in [-0.25, -0.2) is 4.85 Å². The number of nitriles is 1. The van der Waals surface area contributed by atoms with Gasteiger partial charge in [0.2, 0.25) is 0 Å². The van der Waals surface area contributed by atoms with Crippen molar-refractivity contribution in [3.63, 3.8) is 0 Å². The summed E-state index contributed by atoms with van der Waals surface area (Å²) in [7, 11) is 0. The molecule has 0 aliphatic carbocycles. The van der Waals surface area contributed by atoms with Crippen LogP contribution in [0.3, 0.4) is 0 Å². The van der Waals surface area contributed by atoms with Gasteiger partial charge in [-0.15, -0.1) is 0 Å². The summed E-state index contributed by atoms with van der Waals surface area (Å²) in [5.74, 6) is 0. The van der Waals surface area contributed by atoms with Crippen LogP contribution in [-0.4, -0.2) is 13.7 Å². The Morgan fingerprint density at radius 1 is 0.429 bits per heavy atom. The number of hydrogen-bond donors (Lipinski definition) is 0. The van der Waals surface area contributed by atoms with Gasteiger partial charge in [-0.05, 0) is 109 Å². The zero-order valence-corrected chi connectivity index (χ0v) is 29.7. The second-order valence-corrected chi connectivity index (χ2v) is 14.3. The van der Waals surface area contributed by atoms with E-state index >= 15 is 0 Å². The summed E-state index contributed by atoms with van der Waals surface area (Å²) in [4.78, 5) is 3.69. The van der Waals surface area contributed by atoms with E-state index in [1.807, 2.05) is 42.5 Å². The molecule has 6 nitrogen and oxygen atoms in total. The summed E-state index contributed by atoms with van der Waals surface area (Å²) in [6, 6.07) is 59.2. The predicted octanol–water partition coefficient (Wildman–Crippen LogP) is 13.3. The van der Waals surface area contributed by atoms with Crippen LogP contribution in [0, 0.1) is 17.9 Å². The van der Waals surface area contributed by atoms with Crippen LogP contribution in [0.15, 0.2) is 168 Å². The van der Waals surface area contributed by atoms with Crippen molar-refractivity contribution in [1.29, 1.82) is 5.26 Å². The van der Waals surface area contributed by atoms with Crippen molar-refractivity contribution in [1.82, 2.24) is 13.7 Å². The molecule has 0 saturated heterocycles. The minimum Gasteiger partial charge on any atom is -0.456 e. The van der Waals surface area contributed by atoms with Gasteiger partial charge in [0, 0.05) is 54.8 Å². The Labute approximate surface area is 319 Å². The van der Waals surface area contributed by atoms with E-state index in [1.54, 1.807) is 0 Å². The lowest BCUT2D eigenvalue weighted by molar-refractivity contribution is 0.669. The Morgan fingerprint density at radius 2 is 0.929 bits per heavy atom. The van der Waals surface area contributed by atoms with Gasteiger partial charge in [-0.2, -0.15) is 5.26 Å². The van der Waals surface area contributed by atoms with Gasteiger partial charge in [0.1, 0.15) is 11.2 Å². The van der Waals surface area contributed by atoms with E-state index in [-0.39, 0.29) is 0 Å². The number of benzene rings is 8. The van der Waals surface area contributed by atoms with Crippen LogP contribution in [0.1, 0.15) is 5.56 Å². The largest absolute Gasteiger partial charge is 0.456 e. The minimum atomic E-state index is 0.565. The highest BCUT2D eigenvalue weighted by atomic mass is 16.3. The minimum absolute atomic E-state index is 0.565. The SMILES string of the molecule is [C-]#[N+]c1ccc2c(c1)c1cc(C#N)ccc1n2-c1ccc2oc3ccc(-n4c5ccccc5c5c6c7ccccc7n(-c7ccccc7)c6ccc54)cc3c2c1. The van der Waals surface area contributed by atoms with Crippen molar-refractivity contribution in [2.24, 2.45) is 0 Å². The van der Waals surface area contributed by atoms with Gasteiger partial charge in [0.15, 0.2) is 5.69 Å². The van der Waals surface area contributed by atoms with Crippen LogP contribution in [-0.2, 0) is 0 Å². The van der Waals surface area contributed by atoms with E-state index < -0.39 is 0 Å². The van der Waals surface area contributed by atoms with Gasteiger partial charge in [0.05, 0.1) is 51.3 Å². The monoisotopic (exact) mass is 713 g/mol. The third-order valence-corrected chi connectivity index (χ3v) is 11.4. The fourth-order valence-corrected chi connectivity index (χ4v) is 9.11. The summed E-state index contributed by atoms with van der Waals surface area (Å²) < 4.78 is 13.4. The van der Waals surface area contributed by atoms with Crippen LogP contribution >= 0.6 is 0 Å². The molecule has 0 fully saturated rings. The molecule has 0 radical (unpaired) electrons. The zero-order valence-electron chi connectivity index (χ0n) is 29.7. The quantitative estimate of drug-likeness (QED) is 0.171. The van der Waals surface area contributed by atoms with E-state index in [9.17, 15) is 5.26 Å². The molecule has 0 aliphatic heterocycles. The molecule has 0 amide bonds. The molecule has 6 heteroatoms. The number of furan rings is 1. The summed E-state index contributed by atoms with van der Waals surface area (Å²) in [5.41, 5.74) is 12.5. The molecule has 0 saturated carbocycles. The molecule has 0 bridgehead atoms. The maximum Gasteiger partial charge on any atom is 0.188 e. The summed E-state index contributed by atoms with van der Waals surface area (Å²) in [6.07, 6.45) is 0. The zero-order chi connectivity index (χ0) is 37.1. The van der Waals surface area contributed by atoms with E-state index in [2.05, 4.69) is 146 Å². The van der Waals surface area contributed by atoms with E-state index in [4.69, 9.17) is 11.0 Å². The molecule has 56 heavy (non-hydrogen) atoms. The maximum absolute atomic E-state index is 9.71. The van der Waals surface area contributed by atoms with Crippen LogP contribution in [0.5, 0.6) is 0 Å². The average molecular weight is 714 g/mol. The first kappa shape index (κ1) is 30.4. The molecule has 0 atom stereocenters. The van der Waals surface area contributed by atoms with Crippen LogP contribution in [0.25, 0.3) is 109 Å². The Bertz CT molecular complexity index is 3660. The lowest BCUT2D eigenvalue weighted by atomic mass is 10.1. The maximum atomic E-state index is 9.71. The van der Waals surface area contributed by atoms with E-state index in [0.717, 1.165) is 71.8 Å². The molecule has 258 valence electrons. The standard InChI is InChI=1S/C50H27N5O/c1-52-31-16-20-44-38(26-31)37-25-30(29-51)15-19-43(37)54(44)33-17-23-47-39(27-33)40-28-34(18-24-48(40)56-47)55-42-14-8-6-12-36(42)50-46(55)22-21-45-49(50)35-11-5-7-13-41(35)53(45)32-9-3-2-4-10-32/h2-28H. The molecule has 4 heterocycles. The van der Waals surface area contributed by atoms with Gasteiger partial charge in [-0.1, -0.05) is 60.7 Å². The normalized spacial score (nSPS) is 11.9. The Kier molecular flexibility index (Phi) is 6.10. The fourth-order valence-electron chi connectivity index (χ4n) is 9.11. The topological polar surface area (TPSA) is 56.1 Å². The molecular weight excluding hydrogens is 687 g/mol. The smallest absolute Gasteiger partial charge is 0.188 e. The van der Waals surface area contributed by atoms with E-state index in [1.165, 1.54) is 32.6 Å². The van der Waals surface area contributed by atoms with Gasteiger partial charge < -0.3 is 18.1 Å². The Hall–Kier alpha value is -8.06. The van der Waals surface area contributed by atoms with Crippen molar-refractivity contribution in [2.45, 2.75) is 0 Å². The second-order valence-electron chi connectivity index (χ2n) is 14.3. The van der Waals surface area contributed by atoms with Crippen molar-refractivity contribution in [3.05, 3.63) is 181 Å². The number of rotatable bonds is 3. The van der Waals surface area contributed by atoms with Crippen LogP contribution in [0.2, 0.25) is 0 Å². The molecule has 0 unspecified atom stereocenters. The number of nitrogens with zero attached hydrogens (tertiary/aromatic N) is 5. The summed E-state index contributed by atoms with van der Waals surface area (Å²) in [6.45, 7) is 7.64. The van der Waals surface area contributed by atoms with Crippen molar-refractivity contribution in [3.8, 4) is 23.1 Å². The number of fused-ring (bicyclic) bond motifs is 13. The first-order valence-corrected chi connectivity index (χ1v) is 18.5. The highest BCUT2D eigenvalue weighted by Gasteiger charge is 2.21. The van der Waals surface area contributed by atoms with E-state index in [0.29, 0.717) is 11.3 Å². The molecule has 12 rings (SSSR count). The number of aromatic nitrogens is 3. The van der Waals surface area contributed by atoms with Gasteiger partial charge in [0.25, 0.3) is 0 Å². The molecular formula is C50H27N5O. The third kappa shape index (κ3) is 4.07. The molecule has 0 spiro atoms. The van der Waals surface area contributed by atoms with Crippen molar-refractivity contribution >= 4 is 93.0 Å². The molecule has 12 aromatic rings. The Morgan fingerprint density at radius 3 is 1.54 bits per heavy atom. The lowest BCUT2D eigenvalue weighted by Gasteiger charge is -2.10. The highest BCUT2D eigenvalue weighted by Crippen LogP contribution is 2.43. The predicted molar refractivity (Wildman–Crippen MR) is 228 cm³/mol. The average Bonchev–Trinajstić information content (AvgIpc) is 3.99.